The van der Waals surface area contributed by atoms with Crippen molar-refractivity contribution in [1.29, 1.82) is 0 Å². The molecule has 0 aromatic heterocycles. The van der Waals surface area contributed by atoms with Gasteiger partial charge in [0.1, 0.15) is 11.6 Å². The Morgan fingerprint density at radius 2 is 2.10 bits per heavy atom. The summed E-state index contributed by atoms with van der Waals surface area (Å²) in [6, 6.07) is 12.2. The van der Waals surface area contributed by atoms with Crippen LogP contribution < -0.4 is 0 Å². The minimum atomic E-state index is -0.373. The molecule has 2 aromatic rings. The third kappa shape index (κ3) is 2.60. The lowest BCUT2D eigenvalue weighted by molar-refractivity contribution is -0.119. The molecule has 0 radical (unpaired) electrons. The van der Waals surface area contributed by atoms with Gasteiger partial charge in [-0.3, -0.25) is 4.79 Å². The normalized spacial score (nSPS) is 17.0. The summed E-state index contributed by atoms with van der Waals surface area (Å²) in [6.45, 7) is 0. The topological polar surface area (TPSA) is 17.1 Å². The first-order valence-corrected chi connectivity index (χ1v) is 7.70. The van der Waals surface area contributed by atoms with Crippen LogP contribution in [0.4, 0.5) is 4.39 Å². The fourth-order valence-corrected chi connectivity index (χ4v) is 3.88. The van der Waals surface area contributed by atoms with E-state index in [1.165, 1.54) is 18.2 Å². The lowest BCUT2D eigenvalue weighted by atomic mass is 9.93. The van der Waals surface area contributed by atoms with Crippen LogP contribution in [0.15, 0.2) is 47.4 Å². The second kappa shape index (κ2) is 5.58. The Morgan fingerprint density at radius 1 is 1.30 bits per heavy atom. The minimum absolute atomic E-state index is 0.0450. The Bertz CT molecular complexity index is 671. The van der Waals surface area contributed by atoms with E-state index in [-0.39, 0.29) is 23.9 Å². The number of rotatable bonds is 3. The van der Waals surface area contributed by atoms with Crippen molar-refractivity contribution >= 4 is 29.1 Å². The van der Waals surface area contributed by atoms with Gasteiger partial charge in [0.15, 0.2) is 0 Å². The van der Waals surface area contributed by atoms with Gasteiger partial charge in [-0.05, 0) is 35.4 Å². The Kier molecular flexibility index (Phi) is 3.81. The van der Waals surface area contributed by atoms with Crippen molar-refractivity contribution in [3.63, 3.8) is 0 Å². The average Bonchev–Trinajstić information content (AvgIpc) is 2.87. The maximum Gasteiger partial charge on any atom is 0.145 e. The van der Waals surface area contributed by atoms with E-state index < -0.39 is 0 Å². The molecular weight excluding hydrogens is 295 g/mol. The van der Waals surface area contributed by atoms with Gasteiger partial charge in [-0.2, -0.15) is 0 Å². The minimum Gasteiger partial charge on any atom is -0.299 e. The molecule has 20 heavy (non-hydrogen) atoms. The fourth-order valence-electron chi connectivity index (χ4n) is 2.42. The summed E-state index contributed by atoms with van der Waals surface area (Å²) in [6.07, 6.45) is 0.0892. The van der Waals surface area contributed by atoms with Crippen LogP contribution in [0.25, 0.3) is 0 Å². The maximum atomic E-state index is 13.7. The summed E-state index contributed by atoms with van der Waals surface area (Å²) in [7, 11) is 0. The van der Waals surface area contributed by atoms with E-state index in [1.54, 1.807) is 11.8 Å². The van der Waals surface area contributed by atoms with E-state index in [2.05, 4.69) is 0 Å². The van der Waals surface area contributed by atoms with Crippen molar-refractivity contribution < 1.29 is 9.18 Å². The van der Waals surface area contributed by atoms with E-state index in [1.807, 2.05) is 24.3 Å². The average molecular weight is 307 g/mol. The van der Waals surface area contributed by atoms with Gasteiger partial charge in [0.2, 0.25) is 0 Å². The molecule has 1 unspecified atom stereocenters. The molecule has 0 N–H and O–H groups in total. The highest BCUT2D eigenvalue weighted by atomic mass is 35.5. The smallest absolute Gasteiger partial charge is 0.145 e. The first-order valence-electron chi connectivity index (χ1n) is 6.33. The summed E-state index contributed by atoms with van der Waals surface area (Å²) in [4.78, 5) is 13.6. The van der Waals surface area contributed by atoms with Crippen LogP contribution in [0, 0.1) is 5.82 Å². The number of hydrogen-bond donors (Lipinski definition) is 0. The molecule has 2 aromatic carbocycles. The molecule has 1 nitrogen and oxygen atoms in total. The number of ketones is 1. The molecule has 0 fully saturated rings. The van der Waals surface area contributed by atoms with E-state index in [0.717, 1.165) is 16.2 Å². The molecule has 1 aliphatic rings. The predicted octanol–water partition coefficient (Wildman–Crippen LogP) is 4.48. The van der Waals surface area contributed by atoms with Gasteiger partial charge in [-0.1, -0.05) is 29.8 Å². The summed E-state index contributed by atoms with van der Waals surface area (Å²) in [5.41, 5.74) is 1.43. The number of benzene rings is 2. The number of fused-ring (bicyclic) bond motifs is 1. The van der Waals surface area contributed by atoms with Crippen molar-refractivity contribution in [2.45, 2.75) is 17.2 Å². The highest BCUT2D eigenvalue weighted by Gasteiger charge is 2.29. The largest absolute Gasteiger partial charge is 0.299 e. The van der Waals surface area contributed by atoms with Crippen LogP contribution in [0.3, 0.4) is 0 Å². The molecule has 4 heteroatoms. The standard InChI is InChI=1S/C16H12ClFOS/c17-11-5-6-14(18)10(7-11)8-15(19)13-9-20-16-4-2-1-3-12(13)16/h1-7,13H,8-9H2. The maximum absolute atomic E-state index is 13.7. The van der Waals surface area contributed by atoms with Crippen LogP contribution in [-0.4, -0.2) is 11.5 Å². The number of thioether (sulfide) groups is 1. The van der Waals surface area contributed by atoms with E-state index in [0.29, 0.717) is 10.6 Å². The molecule has 102 valence electrons. The molecule has 0 bridgehead atoms. The zero-order valence-corrected chi connectivity index (χ0v) is 12.2. The lowest BCUT2D eigenvalue weighted by Crippen LogP contribution is -2.15. The number of hydrogen-bond acceptors (Lipinski definition) is 2. The molecule has 1 heterocycles. The second-order valence-electron chi connectivity index (χ2n) is 4.78. The van der Waals surface area contributed by atoms with Gasteiger partial charge in [-0.25, -0.2) is 4.39 Å². The van der Waals surface area contributed by atoms with Crippen molar-refractivity contribution in [3.8, 4) is 0 Å². The first-order chi connectivity index (χ1) is 9.65. The van der Waals surface area contributed by atoms with Crippen LogP contribution in [0.5, 0.6) is 0 Å². The van der Waals surface area contributed by atoms with E-state index >= 15 is 0 Å². The van der Waals surface area contributed by atoms with Crippen molar-refractivity contribution in [2.24, 2.45) is 0 Å². The number of Topliss-reactive ketones (excluding diaryl/α,β-unsaturated/α-hetero) is 1. The van der Waals surface area contributed by atoms with Crippen molar-refractivity contribution in [1.82, 2.24) is 0 Å². The monoisotopic (exact) mass is 306 g/mol. The second-order valence-corrected chi connectivity index (χ2v) is 6.28. The molecule has 0 amide bonds. The first kappa shape index (κ1) is 13.7. The highest BCUT2D eigenvalue weighted by molar-refractivity contribution is 7.99. The van der Waals surface area contributed by atoms with E-state index in [9.17, 15) is 9.18 Å². The predicted molar refractivity (Wildman–Crippen MR) is 80.0 cm³/mol. The zero-order valence-electron chi connectivity index (χ0n) is 10.6. The van der Waals surface area contributed by atoms with Crippen molar-refractivity contribution in [2.75, 3.05) is 5.75 Å². The number of carbonyl (C=O) groups excluding carboxylic acids is 1. The number of carbonyl (C=O) groups is 1. The van der Waals surface area contributed by atoms with Gasteiger partial charge in [-0.15, -0.1) is 11.8 Å². The van der Waals surface area contributed by atoms with E-state index in [4.69, 9.17) is 11.6 Å². The fraction of sp³-hybridized carbons (Fsp3) is 0.188. The van der Waals surface area contributed by atoms with Crippen LogP contribution >= 0.6 is 23.4 Å². The third-order valence-electron chi connectivity index (χ3n) is 3.46. The molecule has 0 aliphatic carbocycles. The van der Waals surface area contributed by atoms with Crippen LogP contribution in [-0.2, 0) is 11.2 Å². The molecule has 0 saturated carbocycles. The lowest BCUT2D eigenvalue weighted by Gasteiger charge is -2.10. The highest BCUT2D eigenvalue weighted by Crippen LogP contribution is 2.40. The Balaban J connectivity index is 1.83. The van der Waals surface area contributed by atoms with Crippen LogP contribution in [0.2, 0.25) is 5.02 Å². The molecule has 3 rings (SSSR count). The van der Waals surface area contributed by atoms with Gasteiger partial charge in [0.25, 0.3) is 0 Å². The summed E-state index contributed by atoms with van der Waals surface area (Å²) < 4.78 is 13.7. The molecule has 0 spiro atoms. The van der Waals surface area contributed by atoms with Crippen LogP contribution in [0.1, 0.15) is 17.0 Å². The Labute approximate surface area is 126 Å². The summed E-state index contributed by atoms with van der Waals surface area (Å²) >= 11 is 7.54. The Morgan fingerprint density at radius 3 is 2.95 bits per heavy atom. The summed E-state index contributed by atoms with van der Waals surface area (Å²) in [5.74, 6) is 0.264. The Hall–Kier alpha value is -1.32. The van der Waals surface area contributed by atoms with Crippen molar-refractivity contribution in [3.05, 3.63) is 64.4 Å². The quantitative estimate of drug-likeness (QED) is 0.831. The molecule has 0 saturated heterocycles. The van der Waals surface area contributed by atoms with Gasteiger partial charge in [0, 0.05) is 22.1 Å². The van der Waals surface area contributed by atoms with Gasteiger partial charge < -0.3 is 0 Å². The molecular formula is C16H12ClFOS. The van der Waals surface area contributed by atoms with Gasteiger partial charge in [0.05, 0.1) is 5.92 Å². The molecule has 1 aliphatic heterocycles. The number of halogens is 2. The third-order valence-corrected chi connectivity index (χ3v) is 4.88. The molecule has 1 atom stereocenters. The summed E-state index contributed by atoms with van der Waals surface area (Å²) in [5, 5.41) is 0.454. The van der Waals surface area contributed by atoms with Gasteiger partial charge >= 0.3 is 0 Å². The zero-order chi connectivity index (χ0) is 14.1. The SMILES string of the molecule is O=C(Cc1cc(Cl)ccc1F)C1CSc2ccccc21.